The molecule has 0 saturated heterocycles. The molecule has 0 saturated carbocycles. The first-order valence-corrected chi connectivity index (χ1v) is 8.81. The van der Waals surface area contributed by atoms with Gasteiger partial charge in [-0.25, -0.2) is 0 Å². The lowest BCUT2D eigenvalue weighted by molar-refractivity contribution is -0.122. The minimum Gasteiger partial charge on any atom is -0.367 e. The molecule has 1 aromatic carbocycles. The van der Waals surface area contributed by atoms with Crippen molar-refractivity contribution in [2.24, 2.45) is 0 Å². The van der Waals surface area contributed by atoms with Gasteiger partial charge in [-0.2, -0.15) is 0 Å². The minimum atomic E-state index is -0.114. The third kappa shape index (κ3) is 4.47. The molecule has 0 fully saturated rings. The van der Waals surface area contributed by atoms with Crippen LogP contribution in [0.1, 0.15) is 24.8 Å². The number of hydrogen-bond acceptors (Lipinski definition) is 4. The summed E-state index contributed by atoms with van der Waals surface area (Å²) in [5.74, 6) is 1.39. The normalized spacial score (nSPS) is 11.7. The van der Waals surface area contributed by atoms with E-state index in [1.54, 1.807) is 0 Å². The molecule has 0 aliphatic rings. The van der Waals surface area contributed by atoms with Crippen LogP contribution in [-0.2, 0) is 4.79 Å². The number of rotatable bonds is 8. The Hall–Kier alpha value is -3.15. The molecule has 0 aliphatic carbocycles. The lowest BCUT2D eigenvalue weighted by atomic mass is 9.96. The van der Waals surface area contributed by atoms with Gasteiger partial charge in [0.25, 0.3) is 0 Å². The molecule has 2 heterocycles. The fraction of sp³-hybridized carbons (Fsp3) is 0.250. The Labute approximate surface area is 153 Å². The van der Waals surface area contributed by atoms with Crippen LogP contribution < -0.4 is 10.6 Å². The molecule has 1 atom stereocenters. The van der Waals surface area contributed by atoms with Crippen molar-refractivity contribution >= 4 is 11.7 Å². The van der Waals surface area contributed by atoms with E-state index in [9.17, 15) is 4.79 Å². The predicted molar refractivity (Wildman–Crippen MR) is 102 cm³/mol. The molecule has 0 aliphatic heterocycles. The fourth-order valence-electron chi connectivity index (χ4n) is 2.80. The van der Waals surface area contributed by atoms with Crippen LogP contribution in [0, 0.1) is 0 Å². The van der Waals surface area contributed by atoms with Crippen molar-refractivity contribution in [2.75, 3.05) is 18.4 Å². The highest BCUT2D eigenvalue weighted by atomic mass is 16.1. The van der Waals surface area contributed by atoms with Crippen LogP contribution in [0.15, 0.2) is 67.0 Å². The highest BCUT2D eigenvalue weighted by Gasteiger charge is 2.17. The molecule has 0 bridgehead atoms. The van der Waals surface area contributed by atoms with Gasteiger partial charge in [-0.3, -0.25) is 4.79 Å². The number of amides is 1. The molecular weight excluding hydrogens is 326 g/mol. The summed E-state index contributed by atoms with van der Waals surface area (Å²) in [5.41, 5.74) is 1.05. The maximum absolute atomic E-state index is 12.4. The largest absolute Gasteiger partial charge is 0.367 e. The molecule has 1 unspecified atom stereocenters. The van der Waals surface area contributed by atoms with E-state index in [0.29, 0.717) is 18.9 Å². The number of hydrogen-bond donors (Lipinski definition) is 2. The first kappa shape index (κ1) is 17.7. The topological polar surface area (TPSA) is 71.8 Å². The summed E-state index contributed by atoms with van der Waals surface area (Å²) < 4.78 is 1.89. The molecule has 134 valence electrons. The SMILES string of the molecule is CCC(C(=O)NCCNc1ccc(-n2cccc2)nn1)c1ccccc1. The molecule has 6 nitrogen and oxygen atoms in total. The zero-order valence-electron chi connectivity index (χ0n) is 14.8. The van der Waals surface area contributed by atoms with Gasteiger partial charge in [-0.15, -0.1) is 10.2 Å². The van der Waals surface area contributed by atoms with Gasteiger partial charge in [0.1, 0.15) is 5.82 Å². The van der Waals surface area contributed by atoms with Crippen LogP contribution in [0.4, 0.5) is 5.82 Å². The third-order valence-corrected chi connectivity index (χ3v) is 4.18. The Morgan fingerprint density at radius 1 is 1.00 bits per heavy atom. The van der Waals surface area contributed by atoms with Crippen molar-refractivity contribution in [1.29, 1.82) is 0 Å². The number of aromatic nitrogens is 3. The molecule has 2 N–H and O–H groups in total. The summed E-state index contributed by atoms with van der Waals surface area (Å²) in [6.07, 6.45) is 4.61. The lowest BCUT2D eigenvalue weighted by Crippen LogP contribution is -2.33. The van der Waals surface area contributed by atoms with E-state index >= 15 is 0 Å². The smallest absolute Gasteiger partial charge is 0.227 e. The maximum Gasteiger partial charge on any atom is 0.227 e. The van der Waals surface area contributed by atoms with Crippen LogP contribution in [0.5, 0.6) is 0 Å². The highest BCUT2D eigenvalue weighted by Crippen LogP contribution is 2.18. The third-order valence-electron chi connectivity index (χ3n) is 4.18. The van der Waals surface area contributed by atoms with Gasteiger partial charge in [-0.1, -0.05) is 37.3 Å². The number of nitrogens with one attached hydrogen (secondary N) is 2. The van der Waals surface area contributed by atoms with Gasteiger partial charge in [0.05, 0.1) is 5.92 Å². The zero-order chi connectivity index (χ0) is 18.2. The number of carbonyl (C=O) groups excluding carboxylic acids is 1. The van der Waals surface area contributed by atoms with Crippen LogP contribution in [0.3, 0.4) is 0 Å². The van der Waals surface area contributed by atoms with E-state index in [-0.39, 0.29) is 11.8 Å². The van der Waals surface area contributed by atoms with Crippen LogP contribution in [-0.4, -0.2) is 33.8 Å². The van der Waals surface area contributed by atoms with Crippen molar-refractivity contribution in [3.05, 3.63) is 72.6 Å². The minimum absolute atomic E-state index is 0.0505. The number of nitrogens with zero attached hydrogens (tertiary/aromatic N) is 3. The maximum atomic E-state index is 12.4. The van der Waals surface area contributed by atoms with Gasteiger partial charge in [0, 0.05) is 25.5 Å². The van der Waals surface area contributed by atoms with E-state index in [4.69, 9.17) is 0 Å². The lowest BCUT2D eigenvalue weighted by Gasteiger charge is -2.15. The Bertz CT molecular complexity index is 800. The Kier molecular flexibility index (Phi) is 5.98. The van der Waals surface area contributed by atoms with Gasteiger partial charge in [-0.05, 0) is 36.2 Å². The first-order valence-electron chi connectivity index (χ1n) is 8.81. The molecule has 3 rings (SSSR count). The van der Waals surface area contributed by atoms with Crippen LogP contribution in [0.25, 0.3) is 5.82 Å². The Morgan fingerprint density at radius 2 is 1.77 bits per heavy atom. The Balaban J connectivity index is 1.45. The van der Waals surface area contributed by atoms with Gasteiger partial charge >= 0.3 is 0 Å². The van der Waals surface area contributed by atoms with Gasteiger partial charge in [0.15, 0.2) is 5.82 Å². The van der Waals surface area contributed by atoms with Gasteiger partial charge in [0.2, 0.25) is 5.91 Å². The van der Waals surface area contributed by atoms with Crippen molar-refractivity contribution in [1.82, 2.24) is 20.1 Å². The summed E-state index contributed by atoms with van der Waals surface area (Å²) in [5, 5.41) is 14.5. The average molecular weight is 349 g/mol. The summed E-state index contributed by atoms with van der Waals surface area (Å²) in [7, 11) is 0. The second-order valence-electron chi connectivity index (χ2n) is 5.96. The number of anilines is 1. The second-order valence-corrected chi connectivity index (χ2v) is 5.96. The molecule has 0 spiro atoms. The zero-order valence-corrected chi connectivity index (χ0v) is 14.8. The van der Waals surface area contributed by atoms with Crippen molar-refractivity contribution in [2.45, 2.75) is 19.3 Å². The van der Waals surface area contributed by atoms with Gasteiger partial charge < -0.3 is 15.2 Å². The van der Waals surface area contributed by atoms with Crippen molar-refractivity contribution < 1.29 is 4.79 Å². The first-order chi connectivity index (χ1) is 12.8. The molecular formula is C20H23N5O. The summed E-state index contributed by atoms with van der Waals surface area (Å²) in [4.78, 5) is 12.4. The molecule has 0 radical (unpaired) electrons. The molecule has 2 aromatic heterocycles. The van der Waals surface area contributed by atoms with Crippen LogP contribution >= 0.6 is 0 Å². The Morgan fingerprint density at radius 3 is 2.42 bits per heavy atom. The van der Waals surface area contributed by atoms with E-state index in [1.165, 1.54) is 0 Å². The molecule has 3 aromatic rings. The summed E-state index contributed by atoms with van der Waals surface area (Å²) in [6.45, 7) is 3.15. The summed E-state index contributed by atoms with van der Waals surface area (Å²) in [6, 6.07) is 17.5. The van der Waals surface area contributed by atoms with E-state index < -0.39 is 0 Å². The standard InChI is InChI=1S/C20H23N5O/c1-2-17(16-8-4-3-5-9-16)20(26)22-13-12-21-18-10-11-19(24-23-18)25-14-6-7-15-25/h3-11,14-15,17H,2,12-13H2,1H3,(H,21,23)(H,22,26). The van der Waals surface area contributed by atoms with Crippen molar-refractivity contribution in [3.63, 3.8) is 0 Å². The second kappa shape index (κ2) is 8.80. The van der Waals surface area contributed by atoms with E-state index in [0.717, 1.165) is 17.8 Å². The molecule has 26 heavy (non-hydrogen) atoms. The fourth-order valence-corrected chi connectivity index (χ4v) is 2.80. The highest BCUT2D eigenvalue weighted by molar-refractivity contribution is 5.83. The average Bonchev–Trinajstić information content (AvgIpc) is 3.22. The van der Waals surface area contributed by atoms with E-state index in [1.807, 2.05) is 78.5 Å². The number of carbonyl (C=O) groups is 1. The predicted octanol–water partition coefficient (Wildman–Crippen LogP) is 2.99. The number of benzene rings is 1. The monoisotopic (exact) mass is 349 g/mol. The summed E-state index contributed by atoms with van der Waals surface area (Å²) >= 11 is 0. The molecule has 6 heteroatoms. The van der Waals surface area contributed by atoms with Crippen LogP contribution in [0.2, 0.25) is 0 Å². The van der Waals surface area contributed by atoms with Crippen molar-refractivity contribution in [3.8, 4) is 5.82 Å². The quantitative estimate of drug-likeness (QED) is 0.613. The van der Waals surface area contributed by atoms with E-state index in [2.05, 4.69) is 20.8 Å². The molecule has 1 amide bonds.